The van der Waals surface area contributed by atoms with Crippen molar-refractivity contribution in [2.75, 3.05) is 19.5 Å². The average molecular weight is 249 g/mol. The maximum Gasteiger partial charge on any atom is 0.256 e. The Morgan fingerprint density at radius 1 is 1.28 bits per heavy atom. The molecule has 1 atom stereocenters. The number of nitrogens with one attached hydrogen (secondary N) is 1. The molecule has 1 aliphatic rings. The lowest BCUT2D eigenvalue weighted by Gasteiger charge is -2.26. The van der Waals surface area contributed by atoms with Gasteiger partial charge in [0.2, 0.25) is 0 Å². The van der Waals surface area contributed by atoms with Crippen molar-refractivity contribution in [1.29, 1.82) is 0 Å². The van der Waals surface area contributed by atoms with E-state index in [-0.39, 0.29) is 5.91 Å². The quantitative estimate of drug-likeness (QED) is 0.872. The zero-order valence-corrected chi connectivity index (χ0v) is 11.0. The Labute approximate surface area is 107 Å². The Balaban J connectivity index is 2.05. The van der Waals surface area contributed by atoms with E-state index in [4.69, 9.17) is 9.47 Å². The standard InChI is InChI=1S/C14H19NO3/c1-14(18-3,10-4-5-10)13(16)15-11-6-8-12(17-2)9-7-11/h6-10H,4-5H2,1-3H3,(H,15,16)/t14-/m1/s1. The van der Waals surface area contributed by atoms with Crippen LogP contribution in [-0.2, 0) is 9.53 Å². The van der Waals surface area contributed by atoms with Gasteiger partial charge in [-0.15, -0.1) is 0 Å². The second-order valence-electron chi connectivity index (χ2n) is 4.77. The Morgan fingerprint density at radius 3 is 2.33 bits per heavy atom. The molecule has 1 aromatic rings. The number of rotatable bonds is 5. The molecule has 4 nitrogen and oxygen atoms in total. The van der Waals surface area contributed by atoms with Crippen LogP contribution in [0.5, 0.6) is 5.75 Å². The van der Waals surface area contributed by atoms with Gasteiger partial charge >= 0.3 is 0 Å². The molecule has 0 radical (unpaired) electrons. The van der Waals surface area contributed by atoms with Gasteiger partial charge in [0.1, 0.15) is 11.4 Å². The number of carbonyl (C=O) groups is 1. The number of hydrogen-bond donors (Lipinski definition) is 1. The van der Waals surface area contributed by atoms with Crippen molar-refractivity contribution in [2.45, 2.75) is 25.4 Å². The summed E-state index contributed by atoms with van der Waals surface area (Å²) >= 11 is 0. The molecule has 1 aliphatic carbocycles. The monoisotopic (exact) mass is 249 g/mol. The summed E-state index contributed by atoms with van der Waals surface area (Å²) in [5, 5.41) is 2.89. The summed E-state index contributed by atoms with van der Waals surface area (Å²) in [6, 6.07) is 7.27. The first-order valence-corrected chi connectivity index (χ1v) is 6.11. The highest BCUT2D eigenvalue weighted by Gasteiger charge is 2.47. The smallest absolute Gasteiger partial charge is 0.256 e. The van der Waals surface area contributed by atoms with Gasteiger partial charge in [-0.05, 0) is 49.9 Å². The molecule has 0 saturated heterocycles. The predicted molar refractivity (Wildman–Crippen MR) is 69.8 cm³/mol. The van der Waals surface area contributed by atoms with Crippen LogP contribution in [0.25, 0.3) is 0 Å². The van der Waals surface area contributed by atoms with Gasteiger partial charge < -0.3 is 14.8 Å². The van der Waals surface area contributed by atoms with Crippen molar-refractivity contribution in [3.8, 4) is 5.75 Å². The minimum atomic E-state index is -0.722. The maximum atomic E-state index is 12.2. The van der Waals surface area contributed by atoms with E-state index < -0.39 is 5.60 Å². The molecule has 1 amide bonds. The first kappa shape index (κ1) is 12.9. The van der Waals surface area contributed by atoms with Crippen molar-refractivity contribution in [3.63, 3.8) is 0 Å². The third-order valence-electron chi connectivity index (χ3n) is 3.58. The molecule has 18 heavy (non-hydrogen) atoms. The van der Waals surface area contributed by atoms with Crippen LogP contribution in [0.1, 0.15) is 19.8 Å². The molecule has 1 fully saturated rings. The molecule has 2 rings (SSSR count). The van der Waals surface area contributed by atoms with Crippen LogP contribution in [0.3, 0.4) is 0 Å². The molecular formula is C14H19NO3. The second kappa shape index (κ2) is 4.98. The van der Waals surface area contributed by atoms with Crippen molar-refractivity contribution in [2.24, 2.45) is 5.92 Å². The molecule has 0 spiro atoms. The lowest BCUT2D eigenvalue weighted by molar-refractivity contribution is -0.138. The summed E-state index contributed by atoms with van der Waals surface area (Å²) in [5.41, 5.74) is 0.0321. The number of hydrogen-bond acceptors (Lipinski definition) is 3. The number of amides is 1. The normalized spacial score (nSPS) is 17.9. The molecule has 1 aromatic carbocycles. The van der Waals surface area contributed by atoms with E-state index in [9.17, 15) is 4.79 Å². The highest BCUT2D eigenvalue weighted by Crippen LogP contribution is 2.42. The fraction of sp³-hybridized carbons (Fsp3) is 0.500. The number of anilines is 1. The lowest BCUT2D eigenvalue weighted by atomic mass is 9.99. The Bertz CT molecular complexity index is 425. The predicted octanol–water partition coefficient (Wildman–Crippen LogP) is 2.45. The molecule has 0 unspecified atom stereocenters. The van der Waals surface area contributed by atoms with E-state index in [1.54, 1.807) is 14.2 Å². The Hall–Kier alpha value is -1.55. The summed E-state index contributed by atoms with van der Waals surface area (Å²) in [6.07, 6.45) is 2.11. The summed E-state index contributed by atoms with van der Waals surface area (Å²) in [5.74, 6) is 1.02. The van der Waals surface area contributed by atoms with E-state index in [1.165, 1.54) is 0 Å². The first-order chi connectivity index (χ1) is 8.60. The van der Waals surface area contributed by atoms with Gasteiger partial charge in [0.25, 0.3) is 5.91 Å². The summed E-state index contributed by atoms with van der Waals surface area (Å²) in [6.45, 7) is 1.85. The van der Waals surface area contributed by atoms with Crippen molar-refractivity contribution in [3.05, 3.63) is 24.3 Å². The number of methoxy groups -OCH3 is 2. The Morgan fingerprint density at radius 2 is 1.89 bits per heavy atom. The summed E-state index contributed by atoms with van der Waals surface area (Å²) < 4.78 is 10.5. The molecular weight excluding hydrogens is 230 g/mol. The van der Waals surface area contributed by atoms with Crippen molar-refractivity contribution < 1.29 is 14.3 Å². The summed E-state index contributed by atoms with van der Waals surface area (Å²) in [4.78, 5) is 12.2. The maximum absolute atomic E-state index is 12.2. The molecule has 0 heterocycles. The average Bonchev–Trinajstić information content (AvgIpc) is 3.23. The molecule has 1 N–H and O–H groups in total. The van der Waals surface area contributed by atoms with Gasteiger partial charge in [-0.25, -0.2) is 0 Å². The van der Waals surface area contributed by atoms with Crippen LogP contribution >= 0.6 is 0 Å². The topological polar surface area (TPSA) is 47.6 Å². The van der Waals surface area contributed by atoms with E-state index in [0.29, 0.717) is 5.92 Å². The molecule has 98 valence electrons. The highest BCUT2D eigenvalue weighted by molar-refractivity contribution is 5.97. The second-order valence-corrected chi connectivity index (χ2v) is 4.77. The highest BCUT2D eigenvalue weighted by atomic mass is 16.5. The van der Waals surface area contributed by atoms with Gasteiger partial charge in [-0.1, -0.05) is 0 Å². The van der Waals surface area contributed by atoms with Crippen molar-refractivity contribution >= 4 is 11.6 Å². The Kier molecular flexibility index (Phi) is 3.57. The van der Waals surface area contributed by atoms with Crippen LogP contribution in [0.2, 0.25) is 0 Å². The molecule has 0 aliphatic heterocycles. The molecule has 0 aromatic heterocycles. The SMILES string of the molecule is COc1ccc(NC(=O)[C@](C)(OC)C2CC2)cc1. The van der Waals surface area contributed by atoms with Gasteiger partial charge in [-0.3, -0.25) is 4.79 Å². The van der Waals surface area contributed by atoms with E-state index in [2.05, 4.69) is 5.32 Å². The zero-order chi connectivity index (χ0) is 13.2. The fourth-order valence-corrected chi connectivity index (χ4v) is 2.01. The van der Waals surface area contributed by atoms with E-state index in [0.717, 1.165) is 24.3 Å². The number of benzene rings is 1. The van der Waals surface area contributed by atoms with Gasteiger partial charge in [0, 0.05) is 12.8 Å². The molecule has 0 bridgehead atoms. The number of ether oxygens (including phenoxy) is 2. The van der Waals surface area contributed by atoms with Crippen LogP contribution in [0, 0.1) is 5.92 Å². The zero-order valence-electron chi connectivity index (χ0n) is 11.0. The van der Waals surface area contributed by atoms with Gasteiger partial charge in [-0.2, -0.15) is 0 Å². The van der Waals surface area contributed by atoms with Crippen LogP contribution in [0.4, 0.5) is 5.69 Å². The molecule has 1 saturated carbocycles. The first-order valence-electron chi connectivity index (χ1n) is 6.11. The lowest BCUT2D eigenvalue weighted by Crippen LogP contribution is -2.43. The van der Waals surface area contributed by atoms with Crippen LogP contribution in [-0.4, -0.2) is 25.7 Å². The summed E-state index contributed by atoms with van der Waals surface area (Å²) in [7, 11) is 3.20. The fourth-order valence-electron chi connectivity index (χ4n) is 2.01. The molecule has 4 heteroatoms. The number of carbonyl (C=O) groups excluding carboxylic acids is 1. The van der Waals surface area contributed by atoms with Gasteiger partial charge in [0.05, 0.1) is 7.11 Å². The third kappa shape index (κ3) is 2.48. The largest absolute Gasteiger partial charge is 0.497 e. The van der Waals surface area contributed by atoms with Crippen molar-refractivity contribution in [1.82, 2.24) is 0 Å². The van der Waals surface area contributed by atoms with Crippen LogP contribution < -0.4 is 10.1 Å². The van der Waals surface area contributed by atoms with E-state index >= 15 is 0 Å². The minimum absolute atomic E-state index is 0.0855. The third-order valence-corrected chi connectivity index (χ3v) is 3.58. The van der Waals surface area contributed by atoms with E-state index in [1.807, 2.05) is 31.2 Å². The minimum Gasteiger partial charge on any atom is -0.497 e. The van der Waals surface area contributed by atoms with Gasteiger partial charge in [0.15, 0.2) is 0 Å². The van der Waals surface area contributed by atoms with Crippen LogP contribution in [0.15, 0.2) is 24.3 Å².